The Morgan fingerprint density at radius 3 is 2.16 bits per heavy atom. The molecular weight excluding hydrogens is 262 g/mol. The van der Waals surface area contributed by atoms with Crippen molar-refractivity contribution in [1.29, 1.82) is 0 Å². The van der Waals surface area contributed by atoms with Gasteiger partial charge in [-0.15, -0.1) is 0 Å². The highest BCUT2D eigenvalue weighted by molar-refractivity contribution is 5.97. The number of primary amides is 1. The van der Waals surface area contributed by atoms with E-state index in [1.54, 1.807) is 0 Å². The summed E-state index contributed by atoms with van der Waals surface area (Å²) in [4.78, 5) is 33.0. The zero-order valence-corrected chi connectivity index (χ0v) is 9.52. The molecule has 1 aromatic carbocycles. The Bertz CT molecular complexity index is 513. The van der Waals surface area contributed by atoms with Gasteiger partial charge in [0.1, 0.15) is 17.7 Å². The Labute approximate surface area is 106 Å². The fourth-order valence-electron chi connectivity index (χ4n) is 1.33. The molecule has 102 valence electrons. The van der Waals surface area contributed by atoms with Gasteiger partial charge in [-0.1, -0.05) is 0 Å². The molecule has 0 heterocycles. The first-order chi connectivity index (χ1) is 8.79. The molecule has 8 heteroatoms. The van der Waals surface area contributed by atoms with Crippen LogP contribution in [0.2, 0.25) is 0 Å². The van der Waals surface area contributed by atoms with Gasteiger partial charge < -0.3 is 16.2 Å². The molecule has 2 amide bonds. The first-order valence-electron chi connectivity index (χ1n) is 5.07. The Hall–Kier alpha value is -2.51. The minimum absolute atomic E-state index is 0.395. The first-order valence-corrected chi connectivity index (χ1v) is 5.07. The largest absolute Gasteiger partial charge is 0.480 e. The molecule has 1 aromatic rings. The lowest BCUT2D eigenvalue weighted by atomic mass is 10.1. The van der Waals surface area contributed by atoms with Crippen LogP contribution in [0.5, 0.6) is 0 Å². The van der Waals surface area contributed by atoms with Crippen molar-refractivity contribution < 1.29 is 28.3 Å². The summed E-state index contributed by atoms with van der Waals surface area (Å²) < 4.78 is 25.8. The SMILES string of the molecule is NC(=O)CC(NC(=O)c1cc(F)cc(F)c1)C(=O)O. The van der Waals surface area contributed by atoms with Crippen LogP contribution >= 0.6 is 0 Å². The van der Waals surface area contributed by atoms with Crippen LogP contribution in [0, 0.1) is 11.6 Å². The van der Waals surface area contributed by atoms with Crippen molar-refractivity contribution in [3.8, 4) is 0 Å². The monoisotopic (exact) mass is 272 g/mol. The lowest BCUT2D eigenvalue weighted by Gasteiger charge is -2.12. The average molecular weight is 272 g/mol. The van der Waals surface area contributed by atoms with Gasteiger partial charge in [-0.25, -0.2) is 13.6 Å². The maximum Gasteiger partial charge on any atom is 0.326 e. The molecule has 0 aliphatic rings. The quantitative estimate of drug-likeness (QED) is 0.702. The minimum atomic E-state index is -1.56. The Kier molecular flexibility index (Phi) is 4.51. The average Bonchev–Trinajstić information content (AvgIpc) is 2.25. The second-order valence-corrected chi connectivity index (χ2v) is 3.69. The van der Waals surface area contributed by atoms with Crippen LogP contribution in [-0.2, 0) is 9.59 Å². The number of carbonyl (C=O) groups excluding carboxylic acids is 2. The molecule has 0 saturated carbocycles. The second kappa shape index (κ2) is 5.89. The number of carbonyl (C=O) groups is 3. The number of carboxylic acid groups (broad SMARTS) is 1. The summed E-state index contributed by atoms with van der Waals surface area (Å²) in [7, 11) is 0. The molecule has 0 aromatic heterocycles. The summed E-state index contributed by atoms with van der Waals surface area (Å²) in [6.07, 6.45) is -0.626. The first kappa shape index (κ1) is 14.6. The van der Waals surface area contributed by atoms with Crippen LogP contribution in [-0.4, -0.2) is 28.9 Å². The maximum absolute atomic E-state index is 12.9. The number of rotatable bonds is 5. The molecule has 1 atom stereocenters. The lowest BCUT2D eigenvalue weighted by Crippen LogP contribution is -2.43. The highest BCUT2D eigenvalue weighted by atomic mass is 19.1. The number of hydrogen-bond acceptors (Lipinski definition) is 3. The summed E-state index contributed by atoms with van der Waals surface area (Å²) >= 11 is 0. The fourth-order valence-corrected chi connectivity index (χ4v) is 1.33. The van der Waals surface area contributed by atoms with Crippen molar-refractivity contribution in [3.05, 3.63) is 35.4 Å². The molecule has 1 unspecified atom stereocenters. The van der Waals surface area contributed by atoms with Crippen molar-refractivity contribution >= 4 is 17.8 Å². The van der Waals surface area contributed by atoms with Crippen LogP contribution in [0.3, 0.4) is 0 Å². The summed E-state index contributed by atoms with van der Waals surface area (Å²) in [5.74, 6) is -5.40. The molecular formula is C11H10F2N2O4. The molecule has 19 heavy (non-hydrogen) atoms. The van der Waals surface area contributed by atoms with Crippen LogP contribution < -0.4 is 11.1 Å². The fraction of sp³-hybridized carbons (Fsp3) is 0.182. The van der Waals surface area contributed by atoms with Crippen molar-refractivity contribution in [1.82, 2.24) is 5.32 Å². The Balaban J connectivity index is 2.87. The van der Waals surface area contributed by atoms with E-state index in [-0.39, 0.29) is 0 Å². The van der Waals surface area contributed by atoms with Crippen molar-refractivity contribution in [2.75, 3.05) is 0 Å². The van der Waals surface area contributed by atoms with E-state index in [2.05, 4.69) is 0 Å². The van der Waals surface area contributed by atoms with E-state index >= 15 is 0 Å². The third kappa shape index (κ3) is 4.34. The zero-order valence-electron chi connectivity index (χ0n) is 9.52. The smallest absolute Gasteiger partial charge is 0.326 e. The van der Waals surface area contributed by atoms with Gasteiger partial charge in [-0.05, 0) is 12.1 Å². The van der Waals surface area contributed by atoms with Gasteiger partial charge in [-0.2, -0.15) is 0 Å². The van der Waals surface area contributed by atoms with E-state index in [4.69, 9.17) is 10.8 Å². The van der Waals surface area contributed by atoms with Gasteiger partial charge in [0.15, 0.2) is 0 Å². The number of amides is 2. The molecule has 6 nitrogen and oxygen atoms in total. The zero-order chi connectivity index (χ0) is 14.6. The van der Waals surface area contributed by atoms with Crippen LogP contribution in [0.15, 0.2) is 18.2 Å². The summed E-state index contributed by atoms with van der Waals surface area (Å²) in [5, 5.41) is 10.7. The second-order valence-electron chi connectivity index (χ2n) is 3.69. The van der Waals surface area contributed by atoms with E-state index in [1.807, 2.05) is 5.32 Å². The Morgan fingerprint density at radius 2 is 1.74 bits per heavy atom. The van der Waals surface area contributed by atoms with Gasteiger partial charge >= 0.3 is 5.97 Å². The van der Waals surface area contributed by atoms with Crippen molar-refractivity contribution in [3.63, 3.8) is 0 Å². The third-order valence-corrected chi connectivity index (χ3v) is 2.13. The van der Waals surface area contributed by atoms with Crippen LogP contribution in [0.1, 0.15) is 16.8 Å². The molecule has 0 bridgehead atoms. The number of benzene rings is 1. The summed E-state index contributed by atoms with van der Waals surface area (Å²) in [6, 6.07) is 0.481. The number of carboxylic acids is 1. The van der Waals surface area contributed by atoms with E-state index in [0.717, 1.165) is 12.1 Å². The van der Waals surface area contributed by atoms with Gasteiger partial charge in [0.25, 0.3) is 5.91 Å². The van der Waals surface area contributed by atoms with Crippen molar-refractivity contribution in [2.45, 2.75) is 12.5 Å². The number of hydrogen-bond donors (Lipinski definition) is 3. The van der Waals surface area contributed by atoms with E-state index in [1.165, 1.54) is 0 Å². The Morgan fingerprint density at radius 1 is 1.21 bits per heavy atom. The van der Waals surface area contributed by atoms with E-state index in [0.29, 0.717) is 6.07 Å². The lowest BCUT2D eigenvalue weighted by molar-refractivity contribution is -0.140. The molecule has 1 rings (SSSR count). The van der Waals surface area contributed by atoms with Gasteiger partial charge in [0.2, 0.25) is 5.91 Å². The molecule has 0 fully saturated rings. The standard InChI is InChI=1S/C11H10F2N2O4/c12-6-1-5(2-7(13)3-6)10(17)15-8(11(18)19)4-9(14)16/h1-3,8H,4H2,(H2,14,16)(H,15,17)(H,18,19). The third-order valence-electron chi connectivity index (χ3n) is 2.13. The minimum Gasteiger partial charge on any atom is -0.480 e. The number of halogens is 2. The van der Waals surface area contributed by atoms with Crippen LogP contribution in [0.4, 0.5) is 8.78 Å². The molecule has 0 aliphatic heterocycles. The molecule has 0 radical (unpaired) electrons. The van der Waals surface area contributed by atoms with Crippen molar-refractivity contribution in [2.24, 2.45) is 5.73 Å². The number of nitrogens with two attached hydrogens (primary N) is 1. The van der Waals surface area contributed by atoms with E-state index in [9.17, 15) is 23.2 Å². The highest BCUT2D eigenvalue weighted by Gasteiger charge is 2.23. The maximum atomic E-state index is 12.9. The molecule has 0 saturated heterocycles. The normalized spacial score (nSPS) is 11.7. The number of nitrogens with one attached hydrogen (secondary N) is 1. The highest BCUT2D eigenvalue weighted by Crippen LogP contribution is 2.08. The van der Waals surface area contributed by atoms with Gasteiger partial charge in [0.05, 0.1) is 6.42 Å². The van der Waals surface area contributed by atoms with Gasteiger partial charge in [0, 0.05) is 11.6 Å². The molecule has 4 N–H and O–H groups in total. The predicted molar refractivity (Wildman–Crippen MR) is 59.1 cm³/mol. The summed E-state index contributed by atoms with van der Waals surface area (Å²) in [5.41, 5.74) is 4.43. The predicted octanol–water partition coefficient (Wildman–Crippen LogP) is 0.0232. The van der Waals surface area contributed by atoms with E-state index < -0.39 is 47.4 Å². The van der Waals surface area contributed by atoms with Gasteiger partial charge in [-0.3, -0.25) is 9.59 Å². The topological polar surface area (TPSA) is 109 Å². The number of aliphatic carboxylic acids is 1. The van der Waals surface area contributed by atoms with Crippen LogP contribution in [0.25, 0.3) is 0 Å². The summed E-state index contributed by atoms with van der Waals surface area (Å²) in [6.45, 7) is 0. The molecule has 0 spiro atoms. The molecule has 0 aliphatic carbocycles.